The maximum absolute atomic E-state index is 11.1. The van der Waals surface area contributed by atoms with Crippen LogP contribution >= 0.6 is 31.9 Å². The van der Waals surface area contributed by atoms with Gasteiger partial charge in [-0.2, -0.15) is 0 Å². The van der Waals surface area contributed by atoms with E-state index in [1.165, 1.54) is 0 Å². The Kier molecular flexibility index (Phi) is 19.0. The molecule has 0 N–H and O–H groups in total. The molecule has 3 aromatic rings. The van der Waals surface area contributed by atoms with Crippen LogP contribution in [0.1, 0.15) is 78.2 Å². The number of esters is 2. The van der Waals surface area contributed by atoms with Crippen molar-refractivity contribution in [1.29, 1.82) is 0 Å². The van der Waals surface area contributed by atoms with Crippen LogP contribution in [0, 0.1) is 0 Å². The third kappa shape index (κ3) is 15.3. The number of aldehydes is 3. The van der Waals surface area contributed by atoms with Crippen LogP contribution in [-0.2, 0) is 34.8 Å². The molecule has 0 spiro atoms. The highest BCUT2D eigenvalue weighted by Gasteiger charge is 2.51. The normalized spacial score (nSPS) is 13.6. The van der Waals surface area contributed by atoms with Crippen LogP contribution in [-0.4, -0.2) is 67.7 Å². The molecule has 1 heterocycles. The van der Waals surface area contributed by atoms with Crippen LogP contribution in [0.25, 0.3) is 0 Å². The SMILES string of the molecule is CC1(C)OB(c2cccc(C=O)c2)OC1(C)C.CCOC(=O)CBr.CCOC(=O)Cc1cccc(C=O)c1.O=Cc1cccc(Br)c1. The molecule has 1 aliphatic rings. The summed E-state index contributed by atoms with van der Waals surface area (Å²) in [6, 6.07) is 21.5. The van der Waals surface area contributed by atoms with Crippen LogP contribution in [0.15, 0.2) is 77.3 Å². The van der Waals surface area contributed by atoms with Gasteiger partial charge in [0.1, 0.15) is 24.2 Å². The Morgan fingerprint density at radius 2 is 1.19 bits per heavy atom. The molecule has 4 rings (SSSR count). The number of alkyl halides is 1. The Bertz CT molecular complexity index is 1440. The quantitative estimate of drug-likeness (QED) is 0.102. The van der Waals surface area contributed by atoms with E-state index in [0.29, 0.717) is 35.2 Å². The van der Waals surface area contributed by atoms with Crippen molar-refractivity contribution in [1.82, 2.24) is 0 Å². The predicted molar refractivity (Wildman–Crippen MR) is 190 cm³/mol. The molecule has 0 saturated carbocycles. The van der Waals surface area contributed by atoms with Crippen molar-refractivity contribution < 1.29 is 42.8 Å². The highest BCUT2D eigenvalue weighted by molar-refractivity contribution is 9.10. The van der Waals surface area contributed by atoms with Crippen LogP contribution in [0.5, 0.6) is 0 Å². The lowest BCUT2D eigenvalue weighted by Crippen LogP contribution is -2.41. The highest BCUT2D eigenvalue weighted by atomic mass is 79.9. The zero-order valence-electron chi connectivity index (χ0n) is 27.5. The van der Waals surface area contributed by atoms with Crippen molar-refractivity contribution >= 4 is 75.2 Å². The lowest BCUT2D eigenvalue weighted by Gasteiger charge is -2.32. The minimum absolute atomic E-state index is 0.206. The third-order valence-corrected chi connectivity index (χ3v) is 7.66. The molecule has 0 aliphatic carbocycles. The number of benzene rings is 3. The summed E-state index contributed by atoms with van der Waals surface area (Å²) in [5.74, 6) is -0.474. The summed E-state index contributed by atoms with van der Waals surface area (Å²) in [7, 11) is -0.403. The molecule has 1 saturated heterocycles. The molecular weight excluding hydrogens is 735 g/mol. The number of halogens is 2. The molecule has 0 aromatic heterocycles. The molecule has 252 valence electrons. The Hall–Kier alpha value is -3.45. The molecule has 12 heteroatoms. The van der Waals surface area contributed by atoms with Gasteiger partial charge in [0.15, 0.2) is 0 Å². The molecular formula is C35H41BBr2O9. The number of carbonyl (C=O) groups is 5. The predicted octanol–water partition coefficient (Wildman–Crippen LogP) is 6.61. The summed E-state index contributed by atoms with van der Waals surface area (Å²) >= 11 is 6.19. The maximum atomic E-state index is 11.1. The lowest BCUT2D eigenvalue weighted by molar-refractivity contribution is -0.142. The number of ether oxygens (including phenoxy) is 2. The zero-order valence-corrected chi connectivity index (χ0v) is 30.7. The van der Waals surface area contributed by atoms with Gasteiger partial charge < -0.3 is 18.8 Å². The first kappa shape index (κ1) is 41.6. The van der Waals surface area contributed by atoms with Crippen molar-refractivity contribution in [2.45, 2.75) is 59.2 Å². The van der Waals surface area contributed by atoms with E-state index >= 15 is 0 Å². The van der Waals surface area contributed by atoms with Crippen LogP contribution < -0.4 is 5.46 Å². The molecule has 0 unspecified atom stereocenters. The van der Waals surface area contributed by atoms with E-state index in [0.717, 1.165) is 34.4 Å². The highest BCUT2D eigenvalue weighted by Crippen LogP contribution is 2.36. The second-order valence-corrected chi connectivity index (χ2v) is 12.3. The second kappa shape index (κ2) is 21.4. The Labute approximate surface area is 294 Å². The standard InChI is InChI=1S/C13H17BO3.C11H12O3.C7H5BrO.C4H7BrO2/c1-12(2)13(3,4)17-14(16-12)11-7-5-6-10(8-11)9-15;1-2-14-11(13)7-9-4-3-5-10(6-9)8-12;8-7-3-1-2-6(4-7)5-9;1-2-7-4(6)3-5/h5-9H,1-4H3;3-6,8H,2,7H2,1H3;1-5H;2-3H2,1H3. The molecule has 3 aromatic carbocycles. The van der Waals surface area contributed by atoms with Crippen LogP contribution in [0.3, 0.4) is 0 Å². The van der Waals surface area contributed by atoms with E-state index < -0.39 is 7.12 Å². The largest absolute Gasteiger partial charge is 0.494 e. The molecule has 0 amide bonds. The van der Waals surface area contributed by atoms with E-state index in [4.69, 9.17) is 14.0 Å². The van der Waals surface area contributed by atoms with Gasteiger partial charge in [0.2, 0.25) is 0 Å². The van der Waals surface area contributed by atoms with Crippen LogP contribution in [0.2, 0.25) is 0 Å². The summed E-state index contributed by atoms with van der Waals surface area (Å²) in [4.78, 5) is 52.6. The van der Waals surface area contributed by atoms with Gasteiger partial charge in [0, 0.05) is 21.2 Å². The van der Waals surface area contributed by atoms with Gasteiger partial charge in [-0.3, -0.25) is 24.0 Å². The smallest absolute Gasteiger partial charge is 0.466 e. The van der Waals surface area contributed by atoms with Gasteiger partial charge in [0.25, 0.3) is 0 Å². The average molecular weight is 776 g/mol. The van der Waals surface area contributed by atoms with Crippen molar-refractivity contribution in [3.8, 4) is 0 Å². The number of hydrogen-bond acceptors (Lipinski definition) is 9. The fourth-order valence-electron chi connectivity index (χ4n) is 3.69. The van der Waals surface area contributed by atoms with Crippen molar-refractivity contribution in [3.63, 3.8) is 0 Å². The monoisotopic (exact) mass is 774 g/mol. The Morgan fingerprint density at radius 1 is 0.723 bits per heavy atom. The minimum Gasteiger partial charge on any atom is -0.466 e. The summed E-state index contributed by atoms with van der Waals surface area (Å²) in [6.07, 6.45) is 2.63. The third-order valence-electron chi connectivity index (χ3n) is 6.71. The summed E-state index contributed by atoms with van der Waals surface area (Å²) in [6.45, 7) is 12.4. The van der Waals surface area contributed by atoms with E-state index in [2.05, 4.69) is 36.6 Å². The maximum Gasteiger partial charge on any atom is 0.494 e. The molecule has 0 bridgehead atoms. The van der Waals surface area contributed by atoms with Crippen molar-refractivity contribution in [2.75, 3.05) is 18.5 Å². The second-order valence-electron chi connectivity index (χ2n) is 10.8. The molecule has 9 nitrogen and oxygen atoms in total. The summed E-state index contributed by atoms with van der Waals surface area (Å²) < 4.78 is 22.1. The number of hydrogen-bond donors (Lipinski definition) is 0. The minimum atomic E-state index is -0.403. The van der Waals surface area contributed by atoms with Gasteiger partial charge >= 0.3 is 19.1 Å². The van der Waals surface area contributed by atoms with Crippen molar-refractivity contribution in [2.24, 2.45) is 0 Å². The van der Waals surface area contributed by atoms with Crippen LogP contribution in [0.4, 0.5) is 0 Å². The molecule has 47 heavy (non-hydrogen) atoms. The number of rotatable bonds is 9. The molecule has 1 fully saturated rings. The Morgan fingerprint density at radius 3 is 1.64 bits per heavy atom. The first-order valence-corrected chi connectivity index (χ1v) is 16.7. The van der Waals surface area contributed by atoms with E-state index in [-0.39, 0.29) is 29.6 Å². The molecule has 0 atom stereocenters. The number of carbonyl (C=O) groups excluding carboxylic acids is 5. The van der Waals surface area contributed by atoms with Gasteiger partial charge in [-0.05, 0) is 70.8 Å². The zero-order chi connectivity index (χ0) is 35.5. The van der Waals surface area contributed by atoms with Gasteiger partial charge in [0.05, 0.1) is 30.8 Å². The Balaban J connectivity index is 0.000000332. The van der Waals surface area contributed by atoms with Crippen molar-refractivity contribution in [3.05, 3.63) is 99.5 Å². The van der Waals surface area contributed by atoms with Gasteiger partial charge in [-0.1, -0.05) is 86.5 Å². The first-order valence-electron chi connectivity index (χ1n) is 14.8. The fraction of sp³-hybridized carbons (Fsp3) is 0.343. The topological polar surface area (TPSA) is 122 Å². The van der Waals surface area contributed by atoms with E-state index in [1.807, 2.05) is 52.0 Å². The van der Waals surface area contributed by atoms with E-state index in [9.17, 15) is 24.0 Å². The van der Waals surface area contributed by atoms with Gasteiger partial charge in [-0.25, -0.2) is 0 Å². The molecule has 1 aliphatic heterocycles. The fourth-order valence-corrected chi connectivity index (χ4v) is 4.27. The molecule has 0 radical (unpaired) electrons. The van der Waals surface area contributed by atoms with Gasteiger partial charge in [-0.15, -0.1) is 0 Å². The summed E-state index contributed by atoms with van der Waals surface area (Å²) in [5, 5.41) is 0.292. The first-order chi connectivity index (χ1) is 22.2. The summed E-state index contributed by atoms with van der Waals surface area (Å²) in [5.41, 5.74) is 2.89. The lowest BCUT2D eigenvalue weighted by atomic mass is 9.78. The van der Waals surface area contributed by atoms with E-state index in [1.54, 1.807) is 62.4 Å². The average Bonchev–Trinajstić information content (AvgIpc) is 3.28.